The van der Waals surface area contributed by atoms with Gasteiger partial charge in [-0.05, 0) is 47.5 Å². The number of hydrogen-bond donors (Lipinski definition) is 1. The van der Waals surface area contributed by atoms with Crippen LogP contribution >= 0.6 is 23.2 Å². The molecule has 1 aliphatic rings. The number of guanidine groups is 1. The second-order valence-corrected chi connectivity index (χ2v) is 11.0. The van der Waals surface area contributed by atoms with Gasteiger partial charge >= 0.3 is 0 Å². The highest BCUT2D eigenvalue weighted by atomic mass is 35.5. The van der Waals surface area contributed by atoms with E-state index in [0.29, 0.717) is 16.6 Å². The molecule has 4 rings (SSSR count). The first-order valence-corrected chi connectivity index (χ1v) is 13.4. The van der Waals surface area contributed by atoms with Gasteiger partial charge in [-0.15, -0.1) is 4.40 Å². The van der Waals surface area contributed by atoms with E-state index in [1.807, 2.05) is 56.3 Å². The third kappa shape index (κ3) is 5.95. The summed E-state index contributed by atoms with van der Waals surface area (Å²) in [7, 11) is -4.12. The maximum absolute atomic E-state index is 13.2. The largest absolute Gasteiger partial charge is 0.387 e. The molecule has 0 spiro atoms. The minimum absolute atomic E-state index is 0.0107. The van der Waals surface area contributed by atoms with Crippen LogP contribution in [0, 0.1) is 5.92 Å². The van der Waals surface area contributed by atoms with Gasteiger partial charge in [-0.1, -0.05) is 79.5 Å². The molecule has 3 aromatic carbocycles. The van der Waals surface area contributed by atoms with Gasteiger partial charge in [0.25, 0.3) is 16.0 Å². The molecule has 0 amide bonds. The molecule has 3 aromatic rings. The molecule has 7 nitrogen and oxygen atoms in total. The number of benzene rings is 3. The normalized spacial score (nSPS) is 17.0. The average molecular weight is 542 g/mol. The summed E-state index contributed by atoms with van der Waals surface area (Å²) in [6, 6.07) is 23.0. The predicted octanol–water partition coefficient (Wildman–Crippen LogP) is 5.56. The summed E-state index contributed by atoms with van der Waals surface area (Å²) >= 11 is 12.0. The van der Waals surface area contributed by atoms with Crippen LogP contribution in [0.15, 0.2) is 98.2 Å². The zero-order valence-corrected chi connectivity index (χ0v) is 22.0. The van der Waals surface area contributed by atoms with E-state index in [1.165, 1.54) is 29.3 Å². The molecular formula is C26H25Cl2N5O2S. The van der Waals surface area contributed by atoms with E-state index in [4.69, 9.17) is 34.0 Å². The summed E-state index contributed by atoms with van der Waals surface area (Å²) in [5.41, 5.74) is 8.76. The topological polar surface area (TPSA) is 100 Å². The van der Waals surface area contributed by atoms with Crippen molar-refractivity contribution in [2.75, 3.05) is 6.54 Å². The molecule has 1 aliphatic heterocycles. The predicted molar refractivity (Wildman–Crippen MR) is 146 cm³/mol. The SMILES string of the molecule is CC(C)/C(N)=N\C(=N/S(=O)(=O)c1ccc(Cl)cc1)N1CC(c2ccccc2)C(c2ccc(Cl)cc2)=N1. The molecule has 0 bridgehead atoms. The first-order chi connectivity index (χ1) is 17.1. The van der Waals surface area contributed by atoms with Crippen LogP contribution in [-0.4, -0.2) is 37.5 Å². The Hall–Kier alpha value is -3.20. The van der Waals surface area contributed by atoms with Gasteiger partial charge in [0.05, 0.1) is 17.2 Å². The number of amidine groups is 1. The van der Waals surface area contributed by atoms with Gasteiger partial charge in [-0.2, -0.15) is 18.5 Å². The van der Waals surface area contributed by atoms with Crippen LogP contribution in [0.1, 0.15) is 30.9 Å². The smallest absolute Gasteiger partial charge is 0.285 e. The Morgan fingerprint density at radius 1 is 0.972 bits per heavy atom. The summed E-state index contributed by atoms with van der Waals surface area (Å²) < 4.78 is 30.4. The summed E-state index contributed by atoms with van der Waals surface area (Å²) in [5.74, 6) is -0.153. The molecule has 1 heterocycles. The Kier molecular flexibility index (Phi) is 7.78. The lowest BCUT2D eigenvalue weighted by Gasteiger charge is -2.17. The Labute approximate surface area is 221 Å². The van der Waals surface area contributed by atoms with Gasteiger partial charge in [0.1, 0.15) is 5.84 Å². The lowest BCUT2D eigenvalue weighted by molar-refractivity contribution is 0.470. The maximum atomic E-state index is 13.2. The molecular weight excluding hydrogens is 517 g/mol. The number of nitrogens with two attached hydrogens (primary N) is 1. The number of hydrazone groups is 1. The molecule has 10 heteroatoms. The summed E-state index contributed by atoms with van der Waals surface area (Å²) in [6.07, 6.45) is 0. The van der Waals surface area contributed by atoms with Crippen molar-refractivity contribution in [3.63, 3.8) is 0 Å². The Morgan fingerprint density at radius 2 is 1.56 bits per heavy atom. The summed E-state index contributed by atoms with van der Waals surface area (Å²) in [4.78, 5) is 4.38. The number of hydrogen-bond acceptors (Lipinski definition) is 3. The second kappa shape index (κ2) is 10.8. The molecule has 0 saturated heterocycles. The van der Waals surface area contributed by atoms with Crippen LogP contribution in [0.2, 0.25) is 10.0 Å². The van der Waals surface area contributed by atoms with E-state index in [1.54, 1.807) is 12.1 Å². The number of aliphatic imine (C=N–C) groups is 1. The molecule has 36 heavy (non-hydrogen) atoms. The van der Waals surface area contributed by atoms with Crippen LogP contribution in [0.3, 0.4) is 0 Å². The minimum atomic E-state index is -4.12. The van der Waals surface area contributed by atoms with Crippen molar-refractivity contribution >= 4 is 50.7 Å². The lowest BCUT2D eigenvalue weighted by atomic mass is 9.91. The van der Waals surface area contributed by atoms with E-state index in [0.717, 1.165) is 16.8 Å². The third-order valence-electron chi connectivity index (χ3n) is 5.62. The number of rotatable bonds is 5. The zero-order chi connectivity index (χ0) is 25.9. The molecule has 1 unspecified atom stereocenters. The van der Waals surface area contributed by atoms with Crippen molar-refractivity contribution in [3.8, 4) is 0 Å². The van der Waals surface area contributed by atoms with Crippen molar-refractivity contribution in [1.82, 2.24) is 5.01 Å². The van der Waals surface area contributed by atoms with E-state index < -0.39 is 10.0 Å². The van der Waals surface area contributed by atoms with Gasteiger partial charge < -0.3 is 5.73 Å². The fourth-order valence-electron chi connectivity index (χ4n) is 3.59. The van der Waals surface area contributed by atoms with Gasteiger partial charge in [0, 0.05) is 21.9 Å². The Morgan fingerprint density at radius 3 is 2.14 bits per heavy atom. The van der Waals surface area contributed by atoms with Crippen molar-refractivity contribution in [1.29, 1.82) is 0 Å². The van der Waals surface area contributed by atoms with Crippen molar-refractivity contribution in [2.24, 2.45) is 26.1 Å². The van der Waals surface area contributed by atoms with Crippen LogP contribution in [0.25, 0.3) is 0 Å². The highest BCUT2D eigenvalue weighted by molar-refractivity contribution is 7.90. The standard InChI is InChI=1S/C26H25Cl2N5O2S/c1-17(2)25(29)30-26(32-36(34,35)22-14-12-21(28)13-15-22)33-16-23(18-6-4-3-5-7-18)24(31-33)19-8-10-20(27)11-9-19/h3-15,17,23H,16H2,1-2H3,(H2,29,30,32). The molecule has 0 fully saturated rings. The molecule has 0 saturated carbocycles. The Bertz CT molecular complexity index is 1420. The monoisotopic (exact) mass is 541 g/mol. The number of nitrogens with zero attached hydrogens (tertiary/aromatic N) is 4. The maximum Gasteiger partial charge on any atom is 0.285 e. The quantitative estimate of drug-likeness (QED) is 0.337. The lowest BCUT2D eigenvalue weighted by Crippen LogP contribution is -2.29. The number of sulfonamides is 1. The molecule has 186 valence electrons. The molecule has 1 atom stereocenters. The van der Waals surface area contributed by atoms with Gasteiger partial charge in [0.2, 0.25) is 0 Å². The van der Waals surface area contributed by atoms with E-state index in [-0.39, 0.29) is 28.5 Å². The van der Waals surface area contributed by atoms with Crippen LogP contribution in [0.5, 0.6) is 0 Å². The molecule has 0 aromatic heterocycles. The first-order valence-electron chi connectivity index (χ1n) is 11.3. The highest BCUT2D eigenvalue weighted by Gasteiger charge is 2.32. The van der Waals surface area contributed by atoms with E-state index in [9.17, 15) is 8.42 Å². The van der Waals surface area contributed by atoms with Gasteiger partial charge in [-0.25, -0.2) is 5.01 Å². The van der Waals surface area contributed by atoms with Gasteiger partial charge in [-0.3, -0.25) is 0 Å². The summed E-state index contributed by atoms with van der Waals surface area (Å²) in [5, 5.41) is 7.30. The second-order valence-electron chi connectivity index (χ2n) is 8.55. The zero-order valence-electron chi connectivity index (χ0n) is 19.7. The number of halogens is 2. The van der Waals surface area contributed by atoms with Crippen LogP contribution < -0.4 is 5.73 Å². The molecule has 0 radical (unpaired) electrons. The molecule has 2 N–H and O–H groups in total. The van der Waals surface area contributed by atoms with Crippen molar-refractivity contribution in [2.45, 2.75) is 24.7 Å². The van der Waals surface area contributed by atoms with E-state index >= 15 is 0 Å². The van der Waals surface area contributed by atoms with E-state index in [2.05, 4.69) is 9.39 Å². The fourth-order valence-corrected chi connectivity index (χ4v) is 4.78. The summed E-state index contributed by atoms with van der Waals surface area (Å²) in [6.45, 7) is 4.05. The van der Waals surface area contributed by atoms with Crippen LogP contribution in [0.4, 0.5) is 0 Å². The minimum Gasteiger partial charge on any atom is -0.387 e. The van der Waals surface area contributed by atoms with Crippen LogP contribution in [-0.2, 0) is 10.0 Å². The fraction of sp³-hybridized carbons (Fsp3) is 0.192. The Balaban J connectivity index is 1.83. The first kappa shape index (κ1) is 25.9. The van der Waals surface area contributed by atoms with Crippen molar-refractivity contribution in [3.05, 3.63) is 100 Å². The van der Waals surface area contributed by atoms with Crippen molar-refractivity contribution < 1.29 is 8.42 Å². The average Bonchev–Trinajstić information content (AvgIpc) is 3.30. The molecule has 0 aliphatic carbocycles. The third-order valence-corrected chi connectivity index (χ3v) is 7.40. The van der Waals surface area contributed by atoms with Gasteiger partial charge in [0.15, 0.2) is 0 Å². The highest BCUT2D eigenvalue weighted by Crippen LogP contribution is 2.30.